The monoisotopic (exact) mass is 424 g/mol. The molecule has 2 N–H and O–H groups in total. The summed E-state index contributed by atoms with van der Waals surface area (Å²) < 4.78 is 8.55. The van der Waals surface area contributed by atoms with Crippen LogP contribution in [0.2, 0.25) is 0 Å². The highest BCUT2D eigenvalue weighted by Crippen LogP contribution is 2.31. The van der Waals surface area contributed by atoms with E-state index in [0.29, 0.717) is 19.0 Å². The molecule has 27 heavy (non-hydrogen) atoms. The minimum absolute atomic E-state index is 0.416. The number of nitrogen functional groups attached to an aromatic ring is 1. The van der Waals surface area contributed by atoms with Gasteiger partial charge in [0.15, 0.2) is 5.82 Å². The van der Waals surface area contributed by atoms with Crippen molar-refractivity contribution in [3.63, 3.8) is 0 Å². The summed E-state index contributed by atoms with van der Waals surface area (Å²) >= 11 is 3.51. The van der Waals surface area contributed by atoms with Crippen molar-refractivity contribution in [2.45, 2.75) is 26.5 Å². The van der Waals surface area contributed by atoms with Crippen LogP contribution in [-0.2, 0) is 24.3 Å². The average molecular weight is 425 g/mol. The zero-order valence-corrected chi connectivity index (χ0v) is 17.0. The smallest absolute Gasteiger partial charge is 0.152 e. The number of halogens is 1. The number of anilines is 1. The van der Waals surface area contributed by atoms with Crippen molar-refractivity contribution >= 4 is 43.7 Å². The second-order valence-corrected chi connectivity index (χ2v) is 7.49. The first-order chi connectivity index (χ1) is 13.1. The summed E-state index contributed by atoms with van der Waals surface area (Å²) in [7, 11) is 1.68. The lowest BCUT2D eigenvalue weighted by Gasteiger charge is -2.11. The van der Waals surface area contributed by atoms with Crippen molar-refractivity contribution in [3.8, 4) is 0 Å². The van der Waals surface area contributed by atoms with Gasteiger partial charge in [0.05, 0.1) is 11.0 Å². The zero-order chi connectivity index (χ0) is 19.0. The number of nitrogens with two attached hydrogens (primary N) is 1. The molecule has 2 heterocycles. The number of ether oxygens (including phenoxy) is 1. The summed E-state index contributed by atoms with van der Waals surface area (Å²) in [5.41, 5.74) is 11.3. The van der Waals surface area contributed by atoms with E-state index in [1.165, 1.54) is 11.1 Å². The molecule has 0 aliphatic heterocycles. The number of nitrogens with zero attached hydrogens (tertiary/aromatic N) is 3. The lowest BCUT2D eigenvalue weighted by molar-refractivity contribution is 0.175. The molecule has 0 saturated carbocycles. The molecule has 0 spiro atoms. The van der Waals surface area contributed by atoms with E-state index in [1.807, 2.05) is 12.1 Å². The van der Waals surface area contributed by atoms with Crippen LogP contribution in [0.5, 0.6) is 0 Å². The third-order valence-corrected chi connectivity index (χ3v) is 5.28. The number of fused-ring (bicyclic) bond motifs is 3. The van der Waals surface area contributed by atoms with Gasteiger partial charge in [0, 0.05) is 23.5 Å². The maximum absolute atomic E-state index is 6.24. The van der Waals surface area contributed by atoms with E-state index < -0.39 is 0 Å². The van der Waals surface area contributed by atoms with Crippen LogP contribution in [0.15, 0.2) is 46.9 Å². The third-order valence-electron chi connectivity index (χ3n) is 4.79. The molecule has 0 atom stereocenters. The van der Waals surface area contributed by atoms with Gasteiger partial charge in [-0.2, -0.15) is 0 Å². The molecule has 0 radical (unpaired) electrons. The van der Waals surface area contributed by atoms with Crippen LogP contribution >= 0.6 is 15.9 Å². The van der Waals surface area contributed by atoms with Crippen molar-refractivity contribution in [3.05, 3.63) is 63.9 Å². The Hall–Kier alpha value is -2.44. The highest BCUT2D eigenvalue weighted by Gasteiger charge is 2.17. The highest BCUT2D eigenvalue weighted by atomic mass is 79.9. The Kier molecular flexibility index (Phi) is 4.85. The van der Waals surface area contributed by atoms with Crippen LogP contribution in [-0.4, -0.2) is 21.6 Å². The minimum Gasteiger partial charge on any atom is -0.382 e. The first kappa shape index (κ1) is 17.9. The average Bonchev–Trinajstić information content (AvgIpc) is 3.02. The van der Waals surface area contributed by atoms with Gasteiger partial charge in [-0.3, -0.25) is 0 Å². The Labute approximate surface area is 166 Å². The molecule has 0 amide bonds. The summed E-state index contributed by atoms with van der Waals surface area (Å²) in [4.78, 5) is 9.28. The molecule has 0 fully saturated rings. The number of aromatic nitrogens is 3. The van der Waals surface area contributed by atoms with Crippen molar-refractivity contribution in [2.75, 3.05) is 12.8 Å². The van der Waals surface area contributed by atoms with Crippen LogP contribution in [0, 0.1) is 0 Å². The fourth-order valence-electron chi connectivity index (χ4n) is 3.40. The second-order valence-electron chi connectivity index (χ2n) is 6.57. The number of benzene rings is 2. The van der Waals surface area contributed by atoms with Gasteiger partial charge in [-0.05, 0) is 35.7 Å². The van der Waals surface area contributed by atoms with Crippen LogP contribution in [0.25, 0.3) is 21.9 Å². The van der Waals surface area contributed by atoms with Crippen molar-refractivity contribution in [2.24, 2.45) is 0 Å². The van der Waals surface area contributed by atoms with E-state index in [1.54, 1.807) is 7.11 Å². The molecule has 6 heteroatoms. The number of methoxy groups -OCH3 is 1. The van der Waals surface area contributed by atoms with Crippen molar-refractivity contribution in [1.82, 2.24) is 14.5 Å². The van der Waals surface area contributed by atoms with Gasteiger partial charge in [0.1, 0.15) is 17.9 Å². The summed E-state index contributed by atoms with van der Waals surface area (Å²) in [6, 6.07) is 14.8. The number of hydrogen-bond acceptors (Lipinski definition) is 4. The molecule has 0 bridgehead atoms. The molecule has 0 aliphatic carbocycles. The van der Waals surface area contributed by atoms with Crippen LogP contribution in [0.4, 0.5) is 5.82 Å². The maximum Gasteiger partial charge on any atom is 0.152 e. The molecule has 4 aromatic rings. The number of rotatable bonds is 5. The molecular formula is C21H21BrN4O. The fourth-order valence-corrected chi connectivity index (χ4v) is 3.75. The quantitative estimate of drug-likeness (QED) is 0.504. The standard InChI is InChI=1S/C21H21BrN4O/c1-3-13-4-6-14(7-5-13)11-26-18(12-27-2)25-19-20(26)16-9-8-15(22)10-17(16)24-21(19)23/h4-10H,3,11-12H2,1-2H3,(H2,23,24). The van der Waals surface area contributed by atoms with E-state index in [-0.39, 0.29) is 0 Å². The summed E-state index contributed by atoms with van der Waals surface area (Å²) in [5.74, 6) is 1.28. The Bertz CT molecular complexity index is 1120. The third kappa shape index (κ3) is 3.31. The van der Waals surface area contributed by atoms with Gasteiger partial charge >= 0.3 is 0 Å². The molecular weight excluding hydrogens is 404 g/mol. The van der Waals surface area contributed by atoms with E-state index in [0.717, 1.165) is 38.7 Å². The molecule has 0 unspecified atom stereocenters. The first-order valence-electron chi connectivity index (χ1n) is 8.91. The van der Waals surface area contributed by atoms with Crippen LogP contribution in [0.3, 0.4) is 0 Å². The summed E-state index contributed by atoms with van der Waals surface area (Å²) in [6.07, 6.45) is 1.03. The molecule has 4 rings (SSSR count). The zero-order valence-electron chi connectivity index (χ0n) is 15.4. The Morgan fingerprint density at radius 3 is 2.52 bits per heavy atom. The summed E-state index contributed by atoms with van der Waals surface area (Å²) in [5, 5.41) is 1.03. The van der Waals surface area contributed by atoms with Crippen molar-refractivity contribution < 1.29 is 4.74 Å². The largest absolute Gasteiger partial charge is 0.382 e. The van der Waals surface area contributed by atoms with E-state index in [2.05, 4.69) is 62.7 Å². The van der Waals surface area contributed by atoms with Gasteiger partial charge in [-0.1, -0.05) is 47.1 Å². The number of aryl methyl sites for hydroxylation is 1. The highest BCUT2D eigenvalue weighted by molar-refractivity contribution is 9.10. The first-order valence-corrected chi connectivity index (χ1v) is 9.70. The van der Waals surface area contributed by atoms with Gasteiger partial charge in [-0.25, -0.2) is 9.97 Å². The van der Waals surface area contributed by atoms with Crippen molar-refractivity contribution in [1.29, 1.82) is 0 Å². The molecule has 0 aliphatic rings. The van der Waals surface area contributed by atoms with Gasteiger partial charge < -0.3 is 15.0 Å². The maximum atomic E-state index is 6.24. The molecule has 0 saturated heterocycles. The van der Waals surface area contributed by atoms with Gasteiger partial charge in [0.25, 0.3) is 0 Å². The predicted octanol–water partition coefficient (Wildman–Crippen LogP) is 4.69. The molecule has 5 nitrogen and oxygen atoms in total. The SMILES string of the molecule is CCc1ccc(Cn2c(COC)nc3c(N)nc4cc(Br)ccc4c32)cc1. The molecule has 2 aromatic heterocycles. The predicted molar refractivity (Wildman–Crippen MR) is 113 cm³/mol. The number of pyridine rings is 1. The number of imidazole rings is 1. The van der Waals surface area contributed by atoms with Gasteiger partial charge in [-0.15, -0.1) is 0 Å². The van der Waals surface area contributed by atoms with E-state index in [4.69, 9.17) is 15.5 Å². The molecule has 2 aromatic carbocycles. The lowest BCUT2D eigenvalue weighted by atomic mass is 10.1. The molecule has 138 valence electrons. The number of hydrogen-bond donors (Lipinski definition) is 1. The topological polar surface area (TPSA) is 66.0 Å². The Morgan fingerprint density at radius 1 is 1.07 bits per heavy atom. The normalized spacial score (nSPS) is 11.5. The Morgan fingerprint density at radius 2 is 1.81 bits per heavy atom. The fraction of sp³-hybridized carbons (Fsp3) is 0.238. The summed E-state index contributed by atoms with van der Waals surface area (Å²) in [6.45, 7) is 3.28. The lowest BCUT2D eigenvalue weighted by Crippen LogP contribution is -2.06. The second kappa shape index (κ2) is 7.29. The van der Waals surface area contributed by atoms with Crippen LogP contribution < -0.4 is 5.73 Å². The van der Waals surface area contributed by atoms with Gasteiger partial charge in [0.2, 0.25) is 0 Å². The van der Waals surface area contributed by atoms with Crippen LogP contribution in [0.1, 0.15) is 23.9 Å². The van der Waals surface area contributed by atoms with E-state index in [9.17, 15) is 0 Å². The minimum atomic E-state index is 0.416. The van der Waals surface area contributed by atoms with E-state index >= 15 is 0 Å². The Balaban J connectivity index is 1.95.